The second-order valence-electron chi connectivity index (χ2n) is 6.86. The van der Waals surface area contributed by atoms with Crippen LogP contribution in [0.1, 0.15) is 42.5 Å². The van der Waals surface area contributed by atoms with Gasteiger partial charge in [-0.25, -0.2) is 4.98 Å². The molecule has 0 aromatic carbocycles. The SMILES string of the molecule is COC1CCC(Nc2ncc(C(N)=O)c(N[C@H]3COCC[C@@H]3O)n2)CC1. The zero-order chi connectivity index (χ0) is 18.5. The van der Waals surface area contributed by atoms with Crippen molar-refractivity contribution in [3.63, 3.8) is 0 Å². The summed E-state index contributed by atoms with van der Waals surface area (Å²) in [6, 6.07) is -0.0842. The maximum Gasteiger partial charge on any atom is 0.254 e. The molecule has 0 radical (unpaired) electrons. The number of nitrogens with zero attached hydrogens (tertiary/aromatic N) is 2. The van der Waals surface area contributed by atoms with Crippen molar-refractivity contribution >= 4 is 17.7 Å². The van der Waals surface area contributed by atoms with Crippen molar-refractivity contribution in [2.24, 2.45) is 5.73 Å². The third-order valence-corrected chi connectivity index (χ3v) is 5.04. The molecule has 1 saturated carbocycles. The van der Waals surface area contributed by atoms with Crippen LogP contribution in [0.15, 0.2) is 6.20 Å². The van der Waals surface area contributed by atoms with Crippen LogP contribution in [0.5, 0.6) is 0 Å². The molecule has 3 rings (SSSR count). The number of nitrogens with two attached hydrogens (primary N) is 1. The third kappa shape index (κ3) is 4.60. The third-order valence-electron chi connectivity index (χ3n) is 5.04. The number of rotatable bonds is 6. The molecule has 2 atom stereocenters. The summed E-state index contributed by atoms with van der Waals surface area (Å²) in [5, 5.41) is 16.5. The number of carbonyl (C=O) groups excluding carboxylic acids is 1. The summed E-state index contributed by atoms with van der Waals surface area (Å²) in [4.78, 5) is 20.3. The van der Waals surface area contributed by atoms with E-state index < -0.39 is 12.0 Å². The van der Waals surface area contributed by atoms with Crippen molar-refractivity contribution in [2.45, 2.75) is 56.4 Å². The van der Waals surface area contributed by atoms with E-state index in [9.17, 15) is 9.90 Å². The number of nitrogens with one attached hydrogen (secondary N) is 2. The van der Waals surface area contributed by atoms with Crippen LogP contribution in [0.3, 0.4) is 0 Å². The molecule has 2 aliphatic rings. The zero-order valence-corrected chi connectivity index (χ0v) is 15.0. The predicted molar refractivity (Wildman–Crippen MR) is 96.1 cm³/mol. The van der Waals surface area contributed by atoms with Gasteiger partial charge in [0.2, 0.25) is 5.95 Å². The molecule has 5 N–H and O–H groups in total. The molecular formula is C17H27N5O4. The minimum absolute atomic E-state index is 0.191. The molecule has 0 unspecified atom stereocenters. The Morgan fingerprint density at radius 3 is 2.73 bits per heavy atom. The van der Waals surface area contributed by atoms with Crippen molar-refractivity contribution in [1.29, 1.82) is 0 Å². The molecule has 1 amide bonds. The van der Waals surface area contributed by atoms with Gasteiger partial charge in [-0.05, 0) is 32.1 Å². The van der Waals surface area contributed by atoms with Gasteiger partial charge in [0.15, 0.2) is 0 Å². The molecule has 1 aromatic heterocycles. The lowest BCUT2D eigenvalue weighted by atomic mass is 9.93. The highest BCUT2D eigenvalue weighted by Gasteiger charge is 2.26. The van der Waals surface area contributed by atoms with Gasteiger partial charge in [-0.1, -0.05) is 0 Å². The highest BCUT2D eigenvalue weighted by Crippen LogP contribution is 2.24. The van der Waals surface area contributed by atoms with Gasteiger partial charge in [0.25, 0.3) is 5.91 Å². The molecule has 9 heteroatoms. The van der Waals surface area contributed by atoms with Gasteiger partial charge in [0.05, 0.1) is 30.4 Å². The molecule has 2 fully saturated rings. The first-order chi connectivity index (χ1) is 12.6. The number of hydrogen-bond donors (Lipinski definition) is 4. The van der Waals surface area contributed by atoms with Gasteiger partial charge in [-0.3, -0.25) is 4.79 Å². The average Bonchev–Trinajstić information content (AvgIpc) is 2.64. The minimum atomic E-state index is -0.620. The van der Waals surface area contributed by atoms with Gasteiger partial charge in [0, 0.05) is 26.0 Å². The van der Waals surface area contributed by atoms with Gasteiger partial charge in [-0.2, -0.15) is 4.98 Å². The lowest BCUT2D eigenvalue weighted by molar-refractivity contribution is 0.00301. The number of aliphatic hydroxyl groups is 1. The first-order valence-electron chi connectivity index (χ1n) is 9.05. The first kappa shape index (κ1) is 18.8. The van der Waals surface area contributed by atoms with Crippen LogP contribution in [0.4, 0.5) is 11.8 Å². The zero-order valence-electron chi connectivity index (χ0n) is 15.0. The summed E-state index contributed by atoms with van der Waals surface area (Å²) in [6.45, 7) is 0.857. The van der Waals surface area contributed by atoms with E-state index in [1.165, 1.54) is 6.20 Å². The fourth-order valence-electron chi connectivity index (χ4n) is 3.41. The van der Waals surface area contributed by atoms with Gasteiger partial charge in [0.1, 0.15) is 5.82 Å². The number of hydrogen-bond acceptors (Lipinski definition) is 8. The van der Waals surface area contributed by atoms with E-state index in [0.717, 1.165) is 25.7 Å². The fourth-order valence-corrected chi connectivity index (χ4v) is 3.41. The summed E-state index contributed by atoms with van der Waals surface area (Å²) < 4.78 is 10.8. The fraction of sp³-hybridized carbons (Fsp3) is 0.706. The molecular weight excluding hydrogens is 338 g/mol. The maximum atomic E-state index is 11.7. The number of ether oxygens (including phenoxy) is 2. The van der Waals surface area contributed by atoms with E-state index in [0.29, 0.717) is 37.5 Å². The number of anilines is 2. The van der Waals surface area contributed by atoms with Crippen LogP contribution in [0, 0.1) is 0 Å². The van der Waals surface area contributed by atoms with Crippen LogP contribution in [-0.4, -0.2) is 65.6 Å². The number of amides is 1. The van der Waals surface area contributed by atoms with Crippen LogP contribution in [0.2, 0.25) is 0 Å². The van der Waals surface area contributed by atoms with Crippen LogP contribution in [0.25, 0.3) is 0 Å². The normalized spacial score (nSPS) is 29.2. The summed E-state index contributed by atoms with van der Waals surface area (Å²) in [7, 11) is 1.74. The number of carbonyl (C=O) groups is 1. The lowest BCUT2D eigenvalue weighted by Gasteiger charge is -2.30. The van der Waals surface area contributed by atoms with Crippen molar-refractivity contribution < 1.29 is 19.4 Å². The number of aromatic nitrogens is 2. The van der Waals surface area contributed by atoms with Gasteiger partial charge < -0.3 is 30.9 Å². The van der Waals surface area contributed by atoms with E-state index in [-0.39, 0.29) is 17.6 Å². The number of aliphatic hydroxyl groups excluding tert-OH is 1. The quantitative estimate of drug-likeness (QED) is 0.573. The molecule has 1 aliphatic carbocycles. The summed E-state index contributed by atoms with van der Waals surface area (Å²) >= 11 is 0. The standard InChI is InChI=1S/C17H27N5O4/c1-25-11-4-2-10(3-5-11)20-17-19-8-12(15(18)24)16(22-17)21-13-9-26-7-6-14(13)23/h8,10-11,13-14,23H,2-7,9H2,1H3,(H2,18,24)(H2,19,20,21,22)/t10?,11?,13-,14-/m0/s1. The molecule has 0 bridgehead atoms. The summed E-state index contributed by atoms with van der Waals surface area (Å²) in [5.74, 6) is 0.130. The summed E-state index contributed by atoms with van der Waals surface area (Å²) in [6.07, 6.45) is 5.61. The predicted octanol–water partition coefficient (Wildman–Crippen LogP) is 0.507. The molecule has 9 nitrogen and oxygen atoms in total. The average molecular weight is 365 g/mol. The lowest BCUT2D eigenvalue weighted by Crippen LogP contribution is -2.43. The Morgan fingerprint density at radius 1 is 1.31 bits per heavy atom. The second-order valence-corrected chi connectivity index (χ2v) is 6.86. The van der Waals surface area contributed by atoms with E-state index >= 15 is 0 Å². The Morgan fingerprint density at radius 2 is 2.08 bits per heavy atom. The molecule has 1 aliphatic heterocycles. The largest absolute Gasteiger partial charge is 0.391 e. The van der Waals surface area contributed by atoms with Gasteiger partial charge in [-0.15, -0.1) is 0 Å². The molecule has 144 valence electrons. The Kier molecular flexibility index (Phi) is 6.23. The second kappa shape index (κ2) is 8.61. The Hall–Kier alpha value is -1.97. The van der Waals surface area contributed by atoms with Crippen molar-refractivity contribution in [2.75, 3.05) is 31.0 Å². The molecule has 1 saturated heterocycles. The van der Waals surface area contributed by atoms with Crippen LogP contribution >= 0.6 is 0 Å². The molecule has 26 heavy (non-hydrogen) atoms. The number of primary amides is 1. The Labute approximate surface area is 152 Å². The van der Waals surface area contributed by atoms with E-state index in [1.54, 1.807) is 7.11 Å². The minimum Gasteiger partial charge on any atom is -0.391 e. The molecule has 0 spiro atoms. The van der Waals surface area contributed by atoms with Crippen molar-refractivity contribution in [3.8, 4) is 0 Å². The Balaban J connectivity index is 1.70. The van der Waals surface area contributed by atoms with Crippen LogP contribution in [-0.2, 0) is 9.47 Å². The van der Waals surface area contributed by atoms with E-state index in [2.05, 4.69) is 20.6 Å². The van der Waals surface area contributed by atoms with Crippen LogP contribution < -0.4 is 16.4 Å². The summed E-state index contributed by atoms with van der Waals surface area (Å²) in [5.41, 5.74) is 5.62. The smallest absolute Gasteiger partial charge is 0.254 e. The molecule has 1 aromatic rings. The van der Waals surface area contributed by atoms with Gasteiger partial charge >= 0.3 is 0 Å². The number of methoxy groups -OCH3 is 1. The van der Waals surface area contributed by atoms with E-state index in [4.69, 9.17) is 15.2 Å². The first-order valence-corrected chi connectivity index (χ1v) is 9.05. The monoisotopic (exact) mass is 365 g/mol. The highest BCUT2D eigenvalue weighted by molar-refractivity contribution is 5.97. The topological polar surface area (TPSA) is 132 Å². The van der Waals surface area contributed by atoms with Crippen molar-refractivity contribution in [1.82, 2.24) is 9.97 Å². The van der Waals surface area contributed by atoms with Crippen molar-refractivity contribution in [3.05, 3.63) is 11.8 Å². The highest BCUT2D eigenvalue weighted by atomic mass is 16.5. The molecule has 2 heterocycles. The van der Waals surface area contributed by atoms with E-state index in [1.807, 2.05) is 0 Å². The Bertz CT molecular complexity index is 621. The maximum absolute atomic E-state index is 11.7.